The molecule has 5 nitrogen and oxygen atoms in total. The molecule has 0 aromatic heterocycles. The molecule has 0 radical (unpaired) electrons. The zero-order valence-electron chi connectivity index (χ0n) is 11.9. The molecular formula is C15H22N2O3. The van der Waals surface area contributed by atoms with Crippen molar-refractivity contribution in [2.45, 2.75) is 19.5 Å². The third kappa shape index (κ3) is 4.30. The summed E-state index contributed by atoms with van der Waals surface area (Å²) in [5.41, 5.74) is 3.24. The first-order valence-electron chi connectivity index (χ1n) is 6.98. The van der Waals surface area contributed by atoms with E-state index in [-0.39, 0.29) is 5.91 Å². The molecule has 1 aromatic carbocycles. The van der Waals surface area contributed by atoms with Crippen molar-refractivity contribution in [2.75, 3.05) is 33.5 Å². The van der Waals surface area contributed by atoms with Crippen LogP contribution in [0.25, 0.3) is 0 Å². The quantitative estimate of drug-likeness (QED) is 0.698. The SMILES string of the molecule is COCCOCCCNC(=O)c1ccc2c(c1)CNC2. The molecular weight excluding hydrogens is 256 g/mol. The fraction of sp³-hybridized carbons (Fsp3) is 0.533. The molecule has 0 saturated carbocycles. The molecule has 2 N–H and O–H groups in total. The zero-order chi connectivity index (χ0) is 14.2. The van der Waals surface area contributed by atoms with E-state index in [9.17, 15) is 4.79 Å². The first-order valence-corrected chi connectivity index (χ1v) is 6.98. The molecule has 110 valence electrons. The fourth-order valence-corrected chi connectivity index (χ4v) is 2.16. The lowest BCUT2D eigenvalue weighted by Gasteiger charge is -2.07. The summed E-state index contributed by atoms with van der Waals surface area (Å²) in [7, 11) is 1.65. The van der Waals surface area contributed by atoms with Crippen molar-refractivity contribution in [1.82, 2.24) is 10.6 Å². The van der Waals surface area contributed by atoms with E-state index in [1.807, 2.05) is 18.2 Å². The lowest BCUT2D eigenvalue weighted by atomic mass is 10.1. The molecule has 1 heterocycles. The van der Waals surface area contributed by atoms with Gasteiger partial charge in [0.15, 0.2) is 0 Å². The predicted octanol–water partition coefficient (Wildman–Crippen LogP) is 1.07. The first kappa shape index (κ1) is 15.0. The Hall–Kier alpha value is -1.43. The van der Waals surface area contributed by atoms with Crippen molar-refractivity contribution in [3.8, 4) is 0 Å². The van der Waals surface area contributed by atoms with Gasteiger partial charge in [-0.05, 0) is 29.7 Å². The molecule has 0 spiro atoms. The van der Waals surface area contributed by atoms with E-state index in [1.54, 1.807) is 7.11 Å². The minimum absolute atomic E-state index is 0.0170. The van der Waals surface area contributed by atoms with E-state index in [2.05, 4.69) is 10.6 Å². The average Bonchev–Trinajstić information content (AvgIpc) is 2.93. The van der Waals surface area contributed by atoms with Crippen molar-refractivity contribution in [3.05, 3.63) is 34.9 Å². The van der Waals surface area contributed by atoms with Crippen LogP contribution in [-0.4, -0.2) is 39.4 Å². The van der Waals surface area contributed by atoms with Crippen LogP contribution in [0.1, 0.15) is 27.9 Å². The van der Waals surface area contributed by atoms with Crippen LogP contribution in [0.15, 0.2) is 18.2 Å². The summed E-state index contributed by atoms with van der Waals surface area (Å²) in [6.45, 7) is 4.22. The molecule has 1 aliphatic rings. The summed E-state index contributed by atoms with van der Waals surface area (Å²) in [5.74, 6) is -0.0170. The standard InChI is InChI=1S/C15H22N2O3/c1-19-7-8-20-6-2-5-17-15(18)12-3-4-13-10-16-11-14(13)9-12/h3-4,9,16H,2,5-8,10-11H2,1H3,(H,17,18). The van der Waals surface area contributed by atoms with Gasteiger partial charge in [0.05, 0.1) is 13.2 Å². The van der Waals surface area contributed by atoms with E-state index < -0.39 is 0 Å². The van der Waals surface area contributed by atoms with Gasteiger partial charge in [0.1, 0.15) is 0 Å². The second-order valence-electron chi connectivity index (χ2n) is 4.80. The van der Waals surface area contributed by atoms with Crippen molar-refractivity contribution >= 4 is 5.91 Å². The molecule has 0 aliphatic carbocycles. The highest BCUT2D eigenvalue weighted by molar-refractivity contribution is 5.94. The second kappa shape index (κ2) is 7.99. The number of hydrogen-bond acceptors (Lipinski definition) is 4. The minimum Gasteiger partial charge on any atom is -0.382 e. The number of carbonyl (C=O) groups is 1. The number of amides is 1. The van der Waals surface area contributed by atoms with Crippen molar-refractivity contribution in [2.24, 2.45) is 0 Å². The molecule has 0 unspecified atom stereocenters. The molecule has 1 aliphatic heterocycles. The largest absolute Gasteiger partial charge is 0.382 e. The Bertz CT molecular complexity index is 449. The van der Waals surface area contributed by atoms with Crippen molar-refractivity contribution in [1.29, 1.82) is 0 Å². The Labute approximate surface area is 119 Å². The molecule has 2 rings (SSSR count). The first-order chi connectivity index (χ1) is 9.81. The van der Waals surface area contributed by atoms with E-state index in [0.717, 1.165) is 25.1 Å². The summed E-state index contributed by atoms with van der Waals surface area (Å²) < 4.78 is 10.2. The Kier molecular flexibility index (Phi) is 5.98. The maximum absolute atomic E-state index is 12.0. The third-order valence-electron chi connectivity index (χ3n) is 3.28. The van der Waals surface area contributed by atoms with Crippen LogP contribution in [0.4, 0.5) is 0 Å². The van der Waals surface area contributed by atoms with Crippen LogP contribution in [0, 0.1) is 0 Å². The van der Waals surface area contributed by atoms with Crippen LogP contribution in [0.5, 0.6) is 0 Å². The van der Waals surface area contributed by atoms with Gasteiger partial charge < -0.3 is 20.1 Å². The maximum atomic E-state index is 12.0. The van der Waals surface area contributed by atoms with E-state index in [4.69, 9.17) is 9.47 Å². The predicted molar refractivity (Wildman–Crippen MR) is 76.6 cm³/mol. The van der Waals surface area contributed by atoms with Gasteiger partial charge in [0.25, 0.3) is 5.91 Å². The van der Waals surface area contributed by atoms with Gasteiger partial charge in [-0.3, -0.25) is 4.79 Å². The maximum Gasteiger partial charge on any atom is 0.251 e. The van der Waals surface area contributed by atoms with Crippen LogP contribution in [-0.2, 0) is 22.6 Å². The van der Waals surface area contributed by atoms with Crippen LogP contribution < -0.4 is 10.6 Å². The van der Waals surface area contributed by atoms with Gasteiger partial charge in [0.2, 0.25) is 0 Å². The number of fused-ring (bicyclic) bond motifs is 1. The average molecular weight is 278 g/mol. The Morgan fingerprint density at radius 3 is 2.95 bits per heavy atom. The molecule has 0 atom stereocenters. The van der Waals surface area contributed by atoms with E-state index in [0.29, 0.717) is 26.4 Å². The molecule has 5 heteroatoms. The highest BCUT2D eigenvalue weighted by Gasteiger charge is 2.12. The van der Waals surface area contributed by atoms with Gasteiger partial charge >= 0.3 is 0 Å². The van der Waals surface area contributed by atoms with Crippen LogP contribution in [0.3, 0.4) is 0 Å². The summed E-state index contributed by atoms with van der Waals surface area (Å²) >= 11 is 0. The normalized spacial score (nSPS) is 13.2. The number of ether oxygens (including phenoxy) is 2. The number of hydrogen-bond donors (Lipinski definition) is 2. The lowest BCUT2D eigenvalue weighted by Crippen LogP contribution is -2.25. The zero-order valence-corrected chi connectivity index (χ0v) is 11.9. The van der Waals surface area contributed by atoms with Gasteiger partial charge in [-0.2, -0.15) is 0 Å². The topological polar surface area (TPSA) is 59.6 Å². The third-order valence-corrected chi connectivity index (χ3v) is 3.28. The fourth-order valence-electron chi connectivity index (χ4n) is 2.16. The molecule has 20 heavy (non-hydrogen) atoms. The van der Waals surface area contributed by atoms with E-state index in [1.165, 1.54) is 11.1 Å². The number of methoxy groups -OCH3 is 1. The minimum atomic E-state index is -0.0170. The summed E-state index contributed by atoms with van der Waals surface area (Å²) in [6, 6.07) is 5.88. The Balaban J connectivity index is 1.67. The highest BCUT2D eigenvalue weighted by atomic mass is 16.5. The molecule has 0 fully saturated rings. The lowest BCUT2D eigenvalue weighted by molar-refractivity contribution is 0.0688. The highest BCUT2D eigenvalue weighted by Crippen LogP contribution is 2.16. The molecule has 0 bridgehead atoms. The Morgan fingerprint density at radius 2 is 2.10 bits per heavy atom. The van der Waals surface area contributed by atoms with Gasteiger partial charge in [0, 0.05) is 38.9 Å². The number of benzene rings is 1. The van der Waals surface area contributed by atoms with Gasteiger partial charge in [-0.25, -0.2) is 0 Å². The molecule has 0 saturated heterocycles. The number of carbonyl (C=O) groups excluding carboxylic acids is 1. The van der Waals surface area contributed by atoms with Gasteiger partial charge in [-0.15, -0.1) is 0 Å². The van der Waals surface area contributed by atoms with Crippen molar-refractivity contribution in [3.63, 3.8) is 0 Å². The Morgan fingerprint density at radius 1 is 1.25 bits per heavy atom. The smallest absolute Gasteiger partial charge is 0.251 e. The second-order valence-corrected chi connectivity index (χ2v) is 4.80. The van der Waals surface area contributed by atoms with Crippen LogP contribution in [0.2, 0.25) is 0 Å². The number of nitrogens with one attached hydrogen (secondary N) is 2. The molecule has 1 amide bonds. The monoisotopic (exact) mass is 278 g/mol. The van der Waals surface area contributed by atoms with Gasteiger partial charge in [-0.1, -0.05) is 6.07 Å². The van der Waals surface area contributed by atoms with E-state index >= 15 is 0 Å². The number of rotatable bonds is 8. The summed E-state index contributed by atoms with van der Waals surface area (Å²) in [4.78, 5) is 12.0. The summed E-state index contributed by atoms with van der Waals surface area (Å²) in [6.07, 6.45) is 0.807. The summed E-state index contributed by atoms with van der Waals surface area (Å²) in [5, 5.41) is 6.18. The van der Waals surface area contributed by atoms with Crippen molar-refractivity contribution < 1.29 is 14.3 Å². The van der Waals surface area contributed by atoms with Crippen LogP contribution >= 0.6 is 0 Å². The molecule has 1 aromatic rings.